The fraction of sp³-hybridized carbons (Fsp3) is 0.310. The lowest BCUT2D eigenvalue weighted by Gasteiger charge is -2.33. The second-order valence-corrected chi connectivity index (χ2v) is 11.5. The molecular weight excluding hydrogens is 557 g/mol. The Labute approximate surface area is 239 Å². The summed E-state index contributed by atoms with van der Waals surface area (Å²) in [4.78, 5) is 28.6. The Kier molecular flexibility index (Phi) is 10.9. The summed E-state index contributed by atoms with van der Waals surface area (Å²) in [7, 11) is -2.54. The van der Waals surface area contributed by atoms with Crippen LogP contribution in [0.4, 0.5) is 10.1 Å². The summed E-state index contributed by atoms with van der Waals surface area (Å²) in [5, 5.41) is 2.99. The van der Waals surface area contributed by atoms with Crippen molar-refractivity contribution in [2.24, 2.45) is 0 Å². The van der Waals surface area contributed by atoms with Crippen LogP contribution in [0.15, 0.2) is 72.8 Å². The average molecular weight is 590 g/mol. The SMILES string of the molecule is CCCNC(=O)[C@H](Cc1ccccc1)N(Cc1ccccc1F)C(=O)CN(c1ccc(OC)c(Cl)c1)S(C)(=O)=O. The van der Waals surface area contributed by atoms with Gasteiger partial charge in [0.2, 0.25) is 21.8 Å². The van der Waals surface area contributed by atoms with Crippen molar-refractivity contribution in [1.29, 1.82) is 0 Å². The van der Waals surface area contributed by atoms with E-state index in [-0.39, 0.29) is 29.2 Å². The first kappa shape index (κ1) is 30.9. The Morgan fingerprint density at radius 1 is 1.05 bits per heavy atom. The van der Waals surface area contributed by atoms with E-state index in [0.29, 0.717) is 18.7 Å². The van der Waals surface area contributed by atoms with Gasteiger partial charge in [-0.3, -0.25) is 13.9 Å². The quantitative estimate of drug-likeness (QED) is 0.318. The van der Waals surface area contributed by atoms with Crippen molar-refractivity contribution in [2.45, 2.75) is 32.4 Å². The first-order valence-electron chi connectivity index (χ1n) is 12.7. The molecule has 0 unspecified atom stereocenters. The van der Waals surface area contributed by atoms with Crippen LogP contribution in [-0.2, 0) is 32.6 Å². The second kappa shape index (κ2) is 14.1. The van der Waals surface area contributed by atoms with Crippen molar-refractivity contribution >= 4 is 39.1 Å². The summed E-state index contributed by atoms with van der Waals surface area (Å²) in [6, 6.07) is 18.4. The summed E-state index contributed by atoms with van der Waals surface area (Å²) in [5.74, 6) is -1.32. The highest BCUT2D eigenvalue weighted by Gasteiger charge is 2.33. The number of hydrogen-bond donors (Lipinski definition) is 1. The van der Waals surface area contributed by atoms with Crippen LogP contribution in [0.2, 0.25) is 5.02 Å². The van der Waals surface area contributed by atoms with Crippen LogP contribution in [0.3, 0.4) is 0 Å². The van der Waals surface area contributed by atoms with Gasteiger partial charge < -0.3 is 15.0 Å². The minimum Gasteiger partial charge on any atom is -0.495 e. The van der Waals surface area contributed by atoms with Gasteiger partial charge in [-0.15, -0.1) is 0 Å². The molecule has 0 saturated heterocycles. The predicted octanol–water partition coefficient (Wildman–Crippen LogP) is 4.42. The van der Waals surface area contributed by atoms with Gasteiger partial charge in [0.15, 0.2) is 0 Å². The molecule has 0 bridgehead atoms. The first-order chi connectivity index (χ1) is 19.0. The van der Waals surface area contributed by atoms with Crippen LogP contribution in [0, 0.1) is 5.82 Å². The standard InChI is InChI=1S/C29H33ClFN3O5S/c1-4-16-32-29(36)26(17-21-10-6-5-7-11-21)33(19-22-12-8-9-13-25(22)31)28(35)20-34(40(3,37)38)23-14-15-27(39-2)24(30)18-23/h5-15,18,26H,4,16-17,19-20H2,1-3H3,(H,32,36)/t26-/m0/s1. The van der Waals surface area contributed by atoms with Gasteiger partial charge >= 0.3 is 0 Å². The normalized spacial score (nSPS) is 11.9. The van der Waals surface area contributed by atoms with Gasteiger partial charge in [0.25, 0.3) is 0 Å². The van der Waals surface area contributed by atoms with Crippen LogP contribution in [-0.4, -0.2) is 57.6 Å². The highest BCUT2D eigenvalue weighted by molar-refractivity contribution is 7.92. The van der Waals surface area contributed by atoms with Crippen LogP contribution < -0.4 is 14.4 Å². The van der Waals surface area contributed by atoms with Crippen molar-refractivity contribution in [3.63, 3.8) is 0 Å². The zero-order chi connectivity index (χ0) is 29.3. The summed E-state index contributed by atoms with van der Waals surface area (Å²) in [5.41, 5.74) is 1.12. The van der Waals surface area contributed by atoms with Gasteiger partial charge in [0, 0.05) is 25.1 Å². The third-order valence-corrected chi connectivity index (χ3v) is 7.66. The number of halogens is 2. The molecule has 0 heterocycles. The number of benzene rings is 3. The number of rotatable bonds is 13. The molecule has 0 spiro atoms. The zero-order valence-corrected chi connectivity index (χ0v) is 24.2. The maximum Gasteiger partial charge on any atom is 0.244 e. The van der Waals surface area contributed by atoms with Gasteiger partial charge in [-0.2, -0.15) is 0 Å². The number of hydrogen-bond acceptors (Lipinski definition) is 5. The number of carbonyl (C=O) groups is 2. The number of nitrogens with zero attached hydrogens (tertiary/aromatic N) is 2. The minimum atomic E-state index is -3.97. The third-order valence-electron chi connectivity index (χ3n) is 6.22. The maximum atomic E-state index is 14.8. The molecule has 3 aromatic carbocycles. The van der Waals surface area contributed by atoms with E-state index in [2.05, 4.69) is 5.32 Å². The molecule has 11 heteroatoms. The lowest BCUT2D eigenvalue weighted by Crippen LogP contribution is -2.53. The van der Waals surface area contributed by atoms with Gasteiger partial charge in [0.05, 0.1) is 24.1 Å². The number of nitrogens with one attached hydrogen (secondary N) is 1. The summed E-state index contributed by atoms with van der Waals surface area (Å²) >= 11 is 6.24. The van der Waals surface area contributed by atoms with Gasteiger partial charge in [-0.05, 0) is 36.2 Å². The fourth-order valence-corrected chi connectivity index (χ4v) is 5.25. The van der Waals surface area contributed by atoms with Crippen molar-refractivity contribution in [3.05, 3.63) is 94.8 Å². The van der Waals surface area contributed by atoms with E-state index in [1.165, 1.54) is 48.4 Å². The van der Waals surface area contributed by atoms with Crippen LogP contribution >= 0.6 is 11.6 Å². The zero-order valence-electron chi connectivity index (χ0n) is 22.6. The molecule has 1 N–H and O–H groups in total. The monoisotopic (exact) mass is 589 g/mol. The minimum absolute atomic E-state index is 0.141. The molecule has 2 amide bonds. The van der Waals surface area contributed by atoms with E-state index in [1.54, 1.807) is 6.07 Å². The van der Waals surface area contributed by atoms with Crippen LogP contribution in [0.5, 0.6) is 5.75 Å². The Hall–Kier alpha value is -3.63. The summed E-state index contributed by atoms with van der Waals surface area (Å²) in [6.45, 7) is 1.40. The number of sulfonamides is 1. The lowest BCUT2D eigenvalue weighted by molar-refractivity contribution is -0.140. The lowest BCUT2D eigenvalue weighted by atomic mass is 10.0. The molecule has 0 aliphatic rings. The molecule has 0 saturated carbocycles. The molecule has 40 heavy (non-hydrogen) atoms. The van der Waals surface area contributed by atoms with E-state index in [1.807, 2.05) is 37.3 Å². The van der Waals surface area contributed by atoms with Gasteiger partial charge in [-0.25, -0.2) is 12.8 Å². The smallest absolute Gasteiger partial charge is 0.244 e. The van der Waals surface area contributed by atoms with E-state index >= 15 is 0 Å². The van der Waals surface area contributed by atoms with Gasteiger partial charge in [-0.1, -0.05) is 67.1 Å². The number of carbonyl (C=O) groups excluding carboxylic acids is 2. The summed E-state index contributed by atoms with van der Waals surface area (Å²) in [6.07, 6.45) is 1.78. The van der Waals surface area contributed by atoms with Crippen molar-refractivity contribution in [2.75, 3.05) is 30.8 Å². The van der Waals surface area contributed by atoms with Gasteiger partial charge in [0.1, 0.15) is 24.2 Å². The molecule has 0 fully saturated rings. The Morgan fingerprint density at radius 2 is 1.73 bits per heavy atom. The molecule has 3 aromatic rings. The number of amides is 2. The molecule has 0 aliphatic carbocycles. The molecule has 0 aliphatic heterocycles. The van der Waals surface area contributed by atoms with Crippen LogP contribution in [0.25, 0.3) is 0 Å². The topological polar surface area (TPSA) is 96.0 Å². The predicted molar refractivity (Wildman–Crippen MR) is 154 cm³/mol. The van der Waals surface area contributed by atoms with Crippen molar-refractivity contribution in [1.82, 2.24) is 10.2 Å². The molecule has 0 aromatic heterocycles. The first-order valence-corrected chi connectivity index (χ1v) is 14.9. The number of ether oxygens (including phenoxy) is 1. The van der Waals surface area contributed by atoms with Crippen molar-refractivity contribution in [3.8, 4) is 5.75 Å². The number of methoxy groups -OCH3 is 1. The highest BCUT2D eigenvalue weighted by Crippen LogP contribution is 2.30. The van der Waals surface area contributed by atoms with Crippen molar-refractivity contribution < 1.29 is 27.1 Å². The maximum absolute atomic E-state index is 14.8. The van der Waals surface area contributed by atoms with E-state index in [9.17, 15) is 22.4 Å². The molecular formula is C29H33ClFN3O5S. The average Bonchev–Trinajstić information content (AvgIpc) is 2.93. The Bertz CT molecular complexity index is 1420. The van der Waals surface area contributed by atoms with E-state index in [4.69, 9.17) is 16.3 Å². The van der Waals surface area contributed by atoms with E-state index < -0.39 is 40.2 Å². The van der Waals surface area contributed by atoms with Crippen LogP contribution in [0.1, 0.15) is 24.5 Å². The largest absolute Gasteiger partial charge is 0.495 e. The Balaban J connectivity index is 2.06. The third kappa shape index (κ3) is 8.19. The fourth-order valence-electron chi connectivity index (χ4n) is 4.15. The van der Waals surface area contributed by atoms with E-state index in [0.717, 1.165) is 16.1 Å². The highest BCUT2D eigenvalue weighted by atomic mass is 35.5. The summed E-state index contributed by atoms with van der Waals surface area (Å²) < 4.78 is 46.5. The second-order valence-electron chi connectivity index (χ2n) is 9.20. The molecule has 1 atom stereocenters. The molecule has 214 valence electrons. The number of anilines is 1. The molecule has 8 nitrogen and oxygen atoms in total. The molecule has 0 radical (unpaired) electrons. The molecule has 3 rings (SSSR count). The Morgan fingerprint density at radius 3 is 2.33 bits per heavy atom.